The third-order valence-electron chi connectivity index (χ3n) is 4.28. The van der Waals surface area contributed by atoms with Crippen LogP contribution in [0.3, 0.4) is 0 Å². The van der Waals surface area contributed by atoms with Crippen LogP contribution < -0.4 is 10.1 Å². The number of aryl methyl sites for hydroxylation is 1. The average Bonchev–Trinajstić information content (AvgIpc) is 2.91. The lowest BCUT2D eigenvalue weighted by atomic mass is 10.1. The van der Waals surface area contributed by atoms with Gasteiger partial charge in [0.05, 0.1) is 6.04 Å². The highest BCUT2D eigenvalue weighted by atomic mass is 32.1. The number of ether oxygens (including phenoxy) is 1. The van der Waals surface area contributed by atoms with Crippen molar-refractivity contribution >= 4 is 23.0 Å². The Balaban J connectivity index is 1.67. The van der Waals surface area contributed by atoms with Gasteiger partial charge in [-0.25, -0.2) is 0 Å². The van der Waals surface area contributed by atoms with E-state index in [1.54, 1.807) is 12.1 Å². The molecule has 0 saturated heterocycles. The molecule has 1 aromatic heterocycles. The molecule has 0 amide bonds. The van der Waals surface area contributed by atoms with Gasteiger partial charge >= 0.3 is 6.61 Å². The molecule has 7 heteroatoms. The molecule has 0 unspecified atom stereocenters. The molecule has 3 rings (SSSR count). The minimum Gasteiger partial charge on any atom is -0.435 e. The van der Waals surface area contributed by atoms with E-state index < -0.39 is 6.61 Å². The van der Waals surface area contributed by atoms with Crippen molar-refractivity contribution < 1.29 is 13.5 Å². The Kier molecular flexibility index (Phi) is 4.71. The fraction of sp³-hybridized carbons (Fsp3) is 0.353. The van der Waals surface area contributed by atoms with E-state index in [9.17, 15) is 8.78 Å². The second-order valence-electron chi connectivity index (χ2n) is 5.75. The van der Waals surface area contributed by atoms with Crippen LogP contribution in [0.2, 0.25) is 0 Å². The normalized spacial score (nSPS) is 16.9. The number of benzene rings is 1. The summed E-state index contributed by atoms with van der Waals surface area (Å²) in [6.07, 6.45) is 0. The quantitative estimate of drug-likeness (QED) is 0.841. The van der Waals surface area contributed by atoms with Gasteiger partial charge < -0.3 is 19.5 Å². The minimum atomic E-state index is -2.82. The van der Waals surface area contributed by atoms with Crippen molar-refractivity contribution in [1.82, 2.24) is 9.47 Å². The van der Waals surface area contributed by atoms with Gasteiger partial charge in [-0.05, 0) is 62.5 Å². The van der Waals surface area contributed by atoms with E-state index in [1.807, 2.05) is 0 Å². The fourth-order valence-electron chi connectivity index (χ4n) is 3.01. The number of fused-ring (bicyclic) bond motifs is 1. The maximum absolute atomic E-state index is 12.2. The highest BCUT2D eigenvalue weighted by molar-refractivity contribution is 7.80. The molecule has 2 heterocycles. The molecule has 1 atom stereocenters. The summed E-state index contributed by atoms with van der Waals surface area (Å²) in [4.78, 5) is 2.13. The van der Waals surface area contributed by atoms with Crippen molar-refractivity contribution in [1.29, 1.82) is 0 Å². The van der Waals surface area contributed by atoms with Crippen molar-refractivity contribution in [3.8, 4) is 5.75 Å². The van der Waals surface area contributed by atoms with Crippen molar-refractivity contribution in [2.24, 2.45) is 0 Å². The zero-order chi connectivity index (χ0) is 17.3. The van der Waals surface area contributed by atoms with E-state index in [0.29, 0.717) is 5.11 Å². The summed E-state index contributed by atoms with van der Waals surface area (Å²) in [5.74, 6) is 0.126. The Morgan fingerprint density at radius 2 is 1.92 bits per heavy atom. The van der Waals surface area contributed by atoms with Crippen LogP contribution in [0.4, 0.5) is 14.5 Å². The van der Waals surface area contributed by atoms with Crippen molar-refractivity contribution in [2.75, 3.05) is 11.9 Å². The fourth-order valence-corrected chi connectivity index (χ4v) is 3.38. The summed E-state index contributed by atoms with van der Waals surface area (Å²) in [5.41, 5.74) is 3.24. The first-order valence-electron chi connectivity index (χ1n) is 7.74. The zero-order valence-corrected chi connectivity index (χ0v) is 14.3. The van der Waals surface area contributed by atoms with Crippen molar-refractivity contribution in [3.05, 3.63) is 47.8 Å². The number of nitrogens with zero attached hydrogens (tertiary/aromatic N) is 2. The topological polar surface area (TPSA) is 29.4 Å². The first kappa shape index (κ1) is 16.7. The smallest absolute Gasteiger partial charge is 0.387 e. The number of thiocarbonyl (C=S) groups is 1. The van der Waals surface area contributed by atoms with Crippen LogP contribution in [0.5, 0.6) is 5.75 Å². The van der Waals surface area contributed by atoms with Crippen LogP contribution in [0, 0.1) is 6.92 Å². The molecule has 24 heavy (non-hydrogen) atoms. The first-order valence-corrected chi connectivity index (χ1v) is 8.15. The van der Waals surface area contributed by atoms with Crippen LogP contribution in [0.15, 0.2) is 36.4 Å². The number of halogens is 2. The second-order valence-corrected chi connectivity index (χ2v) is 6.14. The summed E-state index contributed by atoms with van der Waals surface area (Å²) in [6.45, 7) is 3.12. The molecule has 0 saturated carbocycles. The van der Waals surface area contributed by atoms with Crippen LogP contribution >= 0.6 is 12.2 Å². The van der Waals surface area contributed by atoms with E-state index in [-0.39, 0.29) is 11.8 Å². The van der Waals surface area contributed by atoms with Gasteiger partial charge in [0.15, 0.2) is 5.11 Å². The average molecular weight is 351 g/mol. The van der Waals surface area contributed by atoms with E-state index in [0.717, 1.165) is 18.8 Å². The van der Waals surface area contributed by atoms with Gasteiger partial charge in [0.25, 0.3) is 0 Å². The Labute approximate surface area is 145 Å². The van der Waals surface area contributed by atoms with Gasteiger partial charge in [0.2, 0.25) is 0 Å². The number of hydrogen-bond acceptors (Lipinski definition) is 2. The van der Waals surface area contributed by atoms with Gasteiger partial charge in [-0.2, -0.15) is 8.78 Å². The standard InChI is InChI=1S/C17H19F2N3OS/c1-11-3-8-15-12(2)22(10-9-21(11)15)17(24)20-13-4-6-14(7-5-13)23-16(18)19/h3-8,12,16H,9-10H2,1-2H3,(H,20,24)/t12-/m1/s1. The molecule has 128 valence electrons. The number of anilines is 1. The zero-order valence-electron chi connectivity index (χ0n) is 13.5. The molecule has 0 radical (unpaired) electrons. The monoisotopic (exact) mass is 351 g/mol. The highest BCUT2D eigenvalue weighted by Gasteiger charge is 2.26. The van der Waals surface area contributed by atoms with Crippen LogP contribution in [-0.4, -0.2) is 27.7 Å². The highest BCUT2D eigenvalue weighted by Crippen LogP contribution is 2.28. The first-order chi connectivity index (χ1) is 11.5. The predicted molar refractivity (Wildman–Crippen MR) is 93.6 cm³/mol. The SMILES string of the molecule is Cc1ccc2n1CCN(C(=S)Nc1ccc(OC(F)F)cc1)[C@@H]2C. The molecule has 1 aromatic carbocycles. The minimum absolute atomic E-state index is 0.126. The van der Waals surface area contributed by atoms with Gasteiger partial charge in [-0.15, -0.1) is 0 Å². The number of aromatic nitrogens is 1. The van der Waals surface area contributed by atoms with Crippen molar-refractivity contribution in [3.63, 3.8) is 0 Å². The number of nitrogens with one attached hydrogen (secondary N) is 1. The number of hydrogen-bond donors (Lipinski definition) is 1. The lowest BCUT2D eigenvalue weighted by Crippen LogP contribution is -2.43. The molecule has 0 spiro atoms. The summed E-state index contributed by atoms with van der Waals surface area (Å²) < 4.78 is 31.0. The Hall–Kier alpha value is -2.15. The third-order valence-corrected chi connectivity index (χ3v) is 4.62. The molecular weight excluding hydrogens is 332 g/mol. The van der Waals surface area contributed by atoms with Gasteiger partial charge in [-0.3, -0.25) is 0 Å². The van der Waals surface area contributed by atoms with Gasteiger partial charge in [0.1, 0.15) is 5.75 Å². The Morgan fingerprint density at radius 3 is 2.58 bits per heavy atom. The van der Waals surface area contributed by atoms with E-state index >= 15 is 0 Å². The summed E-state index contributed by atoms with van der Waals surface area (Å²) >= 11 is 5.53. The van der Waals surface area contributed by atoms with Gasteiger partial charge in [-0.1, -0.05) is 0 Å². The maximum atomic E-state index is 12.2. The Bertz CT molecular complexity index is 730. The Morgan fingerprint density at radius 1 is 1.21 bits per heavy atom. The molecule has 0 bridgehead atoms. The number of alkyl halides is 2. The largest absolute Gasteiger partial charge is 0.435 e. The molecule has 0 aliphatic carbocycles. The molecule has 1 N–H and O–H groups in total. The van der Waals surface area contributed by atoms with E-state index in [1.165, 1.54) is 23.5 Å². The third kappa shape index (κ3) is 3.36. The predicted octanol–water partition coefficient (Wildman–Crippen LogP) is 4.17. The van der Waals surface area contributed by atoms with Crippen LogP contribution in [0.1, 0.15) is 24.4 Å². The second kappa shape index (κ2) is 6.76. The molecular formula is C17H19F2N3OS. The summed E-state index contributed by atoms with van der Waals surface area (Å²) in [6, 6.07) is 10.8. The lowest BCUT2D eigenvalue weighted by molar-refractivity contribution is -0.0498. The molecule has 4 nitrogen and oxygen atoms in total. The molecule has 2 aromatic rings. The summed E-state index contributed by atoms with van der Waals surface area (Å²) in [7, 11) is 0. The number of rotatable bonds is 3. The van der Waals surface area contributed by atoms with Crippen LogP contribution in [-0.2, 0) is 6.54 Å². The van der Waals surface area contributed by atoms with E-state index in [4.69, 9.17) is 12.2 Å². The summed E-state index contributed by atoms with van der Waals surface area (Å²) in [5, 5.41) is 3.79. The lowest BCUT2D eigenvalue weighted by Gasteiger charge is -2.37. The molecule has 0 fully saturated rings. The van der Waals surface area contributed by atoms with Crippen molar-refractivity contribution in [2.45, 2.75) is 33.0 Å². The van der Waals surface area contributed by atoms with Gasteiger partial charge in [0, 0.05) is 30.2 Å². The van der Waals surface area contributed by atoms with Crippen LogP contribution in [0.25, 0.3) is 0 Å². The van der Waals surface area contributed by atoms with E-state index in [2.05, 4.69) is 45.5 Å². The molecule has 1 aliphatic rings. The maximum Gasteiger partial charge on any atom is 0.387 e. The molecule has 1 aliphatic heterocycles.